The van der Waals surface area contributed by atoms with Gasteiger partial charge in [-0.15, -0.1) is 0 Å². The zero-order valence-corrected chi connectivity index (χ0v) is 12.3. The topological polar surface area (TPSA) is 49.4 Å². The van der Waals surface area contributed by atoms with Crippen molar-refractivity contribution in [1.82, 2.24) is 5.32 Å². The van der Waals surface area contributed by atoms with Gasteiger partial charge in [0.15, 0.2) is 0 Å². The number of anilines is 1. The van der Waals surface area contributed by atoms with E-state index < -0.39 is 21.1 Å². The van der Waals surface area contributed by atoms with E-state index in [1.165, 1.54) is 16.4 Å². The smallest absolute Gasteiger partial charge is 0.239 e. The molecule has 0 saturated heterocycles. The van der Waals surface area contributed by atoms with E-state index in [4.69, 9.17) is 0 Å². The van der Waals surface area contributed by atoms with Crippen LogP contribution >= 0.6 is 0 Å². The SMILES string of the molecule is CC(CNC1CC1)S(=O)(=O)N1CCc2ccc(F)cc21. The summed E-state index contributed by atoms with van der Waals surface area (Å²) < 4.78 is 39.9. The number of nitrogens with zero attached hydrogens (tertiary/aromatic N) is 1. The lowest BCUT2D eigenvalue weighted by molar-refractivity contribution is 0.567. The highest BCUT2D eigenvalue weighted by Crippen LogP contribution is 2.32. The molecule has 6 heteroatoms. The Hall–Kier alpha value is -1.14. The molecule has 1 heterocycles. The van der Waals surface area contributed by atoms with Gasteiger partial charge >= 0.3 is 0 Å². The number of halogens is 1. The quantitative estimate of drug-likeness (QED) is 0.899. The molecule has 0 radical (unpaired) electrons. The fourth-order valence-corrected chi connectivity index (χ4v) is 4.06. The van der Waals surface area contributed by atoms with Gasteiger partial charge in [-0.25, -0.2) is 12.8 Å². The molecule has 1 aliphatic heterocycles. The second-order valence-corrected chi connectivity index (χ2v) is 7.91. The lowest BCUT2D eigenvalue weighted by Gasteiger charge is -2.24. The van der Waals surface area contributed by atoms with Gasteiger partial charge < -0.3 is 5.32 Å². The molecule has 1 aliphatic carbocycles. The van der Waals surface area contributed by atoms with E-state index in [0.717, 1.165) is 18.4 Å². The fraction of sp³-hybridized carbons (Fsp3) is 0.571. The average molecular weight is 298 g/mol. The number of fused-ring (bicyclic) bond motifs is 1. The van der Waals surface area contributed by atoms with Crippen molar-refractivity contribution in [2.24, 2.45) is 0 Å². The lowest BCUT2D eigenvalue weighted by Crippen LogP contribution is -2.41. The first-order chi connectivity index (χ1) is 9.48. The first kappa shape index (κ1) is 13.8. The van der Waals surface area contributed by atoms with Crippen LogP contribution in [0.3, 0.4) is 0 Å². The van der Waals surface area contributed by atoms with Gasteiger partial charge in [-0.05, 0) is 43.9 Å². The fourth-order valence-electron chi connectivity index (χ4n) is 2.53. The largest absolute Gasteiger partial charge is 0.313 e. The summed E-state index contributed by atoms with van der Waals surface area (Å²) in [4.78, 5) is 0. The summed E-state index contributed by atoms with van der Waals surface area (Å²) in [7, 11) is -3.43. The highest BCUT2D eigenvalue weighted by molar-refractivity contribution is 7.93. The monoisotopic (exact) mass is 298 g/mol. The molecule has 20 heavy (non-hydrogen) atoms. The van der Waals surface area contributed by atoms with Gasteiger partial charge in [-0.2, -0.15) is 0 Å². The van der Waals surface area contributed by atoms with Crippen LogP contribution in [0.1, 0.15) is 25.3 Å². The molecule has 1 saturated carbocycles. The molecular weight excluding hydrogens is 279 g/mol. The van der Waals surface area contributed by atoms with Crippen LogP contribution in [0, 0.1) is 5.82 Å². The standard InChI is InChI=1S/C14H19FN2O2S/c1-10(9-16-13-4-5-13)20(18,19)17-7-6-11-2-3-12(15)8-14(11)17/h2-3,8,10,13,16H,4-7,9H2,1H3. The van der Waals surface area contributed by atoms with E-state index in [0.29, 0.717) is 31.2 Å². The Labute approximate surface area is 119 Å². The van der Waals surface area contributed by atoms with Crippen molar-refractivity contribution in [2.45, 2.75) is 37.5 Å². The van der Waals surface area contributed by atoms with Crippen LogP contribution in [0.5, 0.6) is 0 Å². The van der Waals surface area contributed by atoms with Crippen LogP contribution in [0.4, 0.5) is 10.1 Å². The van der Waals surface area contributed by atoms with Gasteiger partial charge in [0.25, 0.3) is 0 Å². The minimum atomic E-state index is -3.43. The van der Waals surface area contributed by atoms with E-state index >= 15 is 0 Å². The Morgan fingerprint density at radius 3 is 2.90 bits per heavy atom. The highest BCUT2D eigenvalue weighted by atomic mass is 32.2. The Balaban J connectivity index is 1.80. The molecule has 1 N–H and O–H groups in total. The minimum Gasteiger partial charge on any atom is -0.313 e. The average Bonchev–Trinajstić information content (AvgIpc) is 3.14. The number of sulfonamides is 1. The summed E-state index contributed by atoms with van der Waals surface area (Å²) in [5.74, 6) is -0.394. The van der Waals surface area contributed by atoms with Gasteiger partial charge in [0.2, 0.25) is 10.0 Å². The van der Waals surface area contributed by atoms with E-state index in [2.05, 4.69) is 5.32 Å². The molecule has 1 aromatic rings. The first-order valence-electron chi connectivity index (χ1n) is 7.02. The van der Waals surface area contributed by atoms with Gasteiger partial charge in [0.1, 0.15) is 5.82 Å². The van der Waals surface area contributed by atoms with Gasteiger partial charge in [-0.3, -0.25) is 4.31 Å². The van der Waals surface area contributed by atoms with Crippen molar-refractivity contribution in [3.8, 4) is 0 Å². The Morgan fingerprint density at radius 1 is 1.45 bits per heavy atom. The molecule has 0 bridgehead atoms. The van der Waals surface area contributed by atoms with E-state index in [9.17, 15) is 12.8 Å². The molecule has 4 nitrogen and oxygen atoms in total. The number of rotatable bonds is 5. The van der Waals surface area contributed by atoms with Gasteiger partial charge in [0, 0.05) is 19.1 Å². The van der Waals surface area contributed by atoms with E-state index in [-0.39, 0.29) is 0 Å². The summed E-state index contributed by atoms with van der Waals surface area (Å²) >= 11 is 0. The van der Waals surface area contributed by atoms with Crippen molar-refractivity contribution in [2.75, 3.05) is 17.4 Å². The number of benzene rings is 1. The van der Waals surface area contributed by atoms with Crippen molar-refractivity contribution in [1.29, 1.82) is 0 Å². The lowest BCUT2D eigenvalue weighted by atomic mass is 10.2. The molecule has 0 spiro atoms. The normalized spacial score (nSPS) is 20.0. The molecule has 110 valence electrons. The van der Waals surface area contributed by atoms with E-state index in [1.807, 2.05) is 0 Å². The Bertz CT molecular complexity index is 614. The molecule has 1 aromatic carbocycles. The third-order valence-electron chi connectivity index (χ3n) is 3.99. The predicted octanol–water partition coefficient (Wildman–Crippen LogP) is 1.66. The summed E-state index contributed by atoms with van der Waals surface area (Å²) in [6.45, 7) is 2.57. The molecule has 1 fully saturated rings. The molecular formula is C14H19FN2O2S. The van der Waals surface area contributed by atoms with Crippen molar-refractivity contribution >= 4 is 15.7 Å². The number of nitrogens with one attached hydrogen (secondary N) is 1. The summed E-state index contributed by atoms with van der Waals surface area (Å²) in [6.07, 6.45) is 2.91. The minimum absolute atomic E-state index is 0.394. The summed E-state index contributed by atoms with van der Waals surface area (Å²) in [5, 5.41) is 2.74. The number of hydrogen-bond donors (Lipinski definition) is 1. The molecule has 1 atom stereocenters. The molecule has 1 unspecified atom stereocenters. The molecule has 2 aliphatic rings. The maximum absolute atomic E-state index is 13.4. The van der Waals surface area contributed by atoms with Gasteiger partial charge in [0.05, 0.1) is 10.9 Å². The Kier molecular flexibility index (Phi) is 3.46. The van der Waals surface area contributed by atoms with Crippen LogP contribution in [0.15, 0.2) is 18.2 Å². The Morgan fingerprint density at radius 2 is 2.20 bits per heavy atom. The number of hydrogen-bond acceptors (Lipinski definition) is 3. The third-order valence-corrected chi connectivity index (χ3v) is 6.16. The molecule has 0 aromatic heterocycles. The maximum Gasteiger partial charge on any atom is 0.239 e. The maximum atomic E-state index is 13.4. The summed E-state index contributed by atoms with van der Waals surface area (Å²) in [6, 6.07) is 4.86. The van der Waals surface area contributed by atoms with Crippen LogP contribution in [-0.2, 0) is 16.4 Å². The van der Waals surface area contributed by atoms with Crippen molar-refractivity contribution in [3.63, 3.8) is 0 Å². The van der Waals surface area contributed by atoms with Crippen molar-refractivity contribution < 1.29 is 12.8 Å². The molecule has 3 rings (SSSR count). The zero-order chi connectivity index (χ0) is 14.3. The molecule has 0 amide bonds. The van der Waals surface area contributed by atoms with Crippen LogP contribution in [0.25, 0.3) is 0 Å². The second-order valence-electron chi connectivity index (χ2n) is 5.63. The highest BCUT2D eigenvalue weighted by Gasteiger charge is 2.34. The third kappa shape index (κ3) is 2.54. The van der Waals surface area contributed by atoms with Crippen LogP contribution in [0.2, 0.25) is 0 Å². The first-order valence-corrected chi connectivity index (χ1v) is 8.52. The predicted molar refractivity (Wildman–Crippen MR) is 76.9 cm³/mol. The zero-order valence-electron chi connectivity index (χ0n) is 11.5. The summed E-state index contributed by atoms with van der Waals surface area (Å²) in [5.41, 5.74) is 1.40. The van der Waals surface area contributed by atoms with Crippen LogP contribution < -0.4 is 9.62 Å². The van der Waals surface area contributed by atoms with Crippen molar-refractivity contribution in [3.05, 3.63) is 29.6 Å². The van der Waals surface area contributed by atoms with Gasteiger partial charge in [-0.1, -0.05) is 6.07 Å². The van der Waals surface area contributed by atoms with Crippen LogP contribution in [-0.4, -0.2) is 32.8 Å². The van der Waals surface area contributed by atoms with E-state index in [1.54, 1.807) is 13.0 Å². The second kappa shape index (κ2) is 5.00.